The monoisotopic (exact) mass is 300 g/mol. The van der Waals surface area contributed by atoms with Gasteiger partial charge in [0.2, 0.25) is 0 Å². The van der Waals surface area contributed by atoms with E-state index in [1.165, 1.54) is 12.5 Å². The molecular weight excluding hydrogens is 284 g/mol. The standard InChI is InChI=1S/C18H17ClO2/c1-13-3-8-16(9-4-13)18(21-14(2)20)12-7-15-5-10-17(19)11-6-15/h3-12,18H,1-2H3/b12-7+. The van der Waals surface area contributed by atoms with Crippen molar-refractivity contribution < 1.29 is 9.53 Å². The van der Waals surface area contributed by atoms with Crippen molar-refractivity contribution in [1.29, 1.82) is 0 Å². The minimum absolute atomic E-state index is 0.304. The largest absolute Gasteiger partial charge is 0.453 e. The molecule has 0 saturated heterocycles. The molecule has 0 bridgehead atoms. The average Bonchev–Trinajstić information content (AvgIpc) is 2.46. The van der Waals surface area contributed by atoms with E-state index in [0.29, 0.717) is 5.02 Å². The lowest BCUT2D eigenvalue weighted by Crippen LogP contribution is -2.06. The van der Waals surface area contributed by atoms with Crippen molar-refractivity contribution in [2.75, 3.05) is 0 Å². The van der Waals surface area contributed by atoms with Crippen LogP contribution < -0.4 is 0 Å². The van der Waals surface area contributed by atoms with E-state index in [1.54, 1.807) is 0 Å². The van der Waals surface area contributed by atoms with Crippen LogP contribution in [-0.4, -0.2) is 5.97 Å². The number of carbonyl (C=O) groups excluding carboxylic acids is 1. The second-order valence-corrected chi connectivity index (χ2v) is 5.29. The predicted octanol–water partition coefficient (Wildman–Crippen LogP) is 4.97. The zero-order chi connectivity index (χ0) is 15.2. The number of hydrogen-bond donors (Lipinski definition) is 0. The molecule has 1 atom stereocenters. The lowest BCUT2D eigenvalue weighted by atomic mass is 10.1. The molecule has 0 aliphatic rings. The molecule has 0 saturated carbocycles. The summed E-state index contributed by atoms with van der Waals surface area (Å²) in [6.07, 6.45) is 3.40. The van der Waals surface area contributed by atoms with Crippen LogP contribution in [0.15, 0.2) is 54.6 Å². The van der Waals surface area contributed by atoms with E-state index in [2.05, 4.69) is 0 Å². The minimum atomic E-state index is -0.390. The Morgan fingerprint density at radius 1 is 1.10 bits per heavy atom. The molecule has 2 aromatic rings. The van der Waals surface area contributed by atoms with Crippen LogP contribution >= 0.6 is 11.6 Å². The number of esters is 1. The van der Waals surface area contributed by atoms with Crippen LogP contribution in [0.5, 0.6) is 0 Å². The van der Waals surface area contributed by atoms with Gasteiger partial charge in [0, 0.05) is 11.9 Å². The SMILES string of the molecule is CC(=O)OC(/C=C/c1ccc(Cl)cc1)c1ccc(C)cc1. The van der Waals surface area contributed by atoms with Gasteiger partial charge in [0.25, 0.3) is 0 Å². The molecule has 0 heterocycles. The fourth-order valence-electron chi connectivity index (χ4n) is 1.93. The molecule has 2 aromatic carbocycles. The van der Waals surface area contributed by atoms with Crippen LogP contribution in [0.1, 0.15) is 29.7 Å². The van der Waals surface area contributed by atoms with Crippen molar-refractivity contribution in [1.82, 2.24) is 0 Å². The third-order valence-corrected chi connectivity index (χ3v) is 3.28. The van der Waals surface area contributed by atoms with Gasteiger partial charge in [-0.15, -0.1) is 0 Å². The van der Waals surface area contributed by atoms with Crippen molar-refractivity contribution in [3.05, 3.63) is 76.3 Å². The van der Waals surface area contributed by atoms with Crippen LogP contribution in [0.4, 0.5) is 0 Å². The third-order valence-electron chi connectivity index (χ3n) is 3.03. The summed E-state index contributed by atoms with van der Waals surface area (Å²) in [6, 6.07) is 15.4. The maximum atomic E-state index is 11.3. The fraction of sp³-hybridized carbons (Fsp3) is 0.167. The molecule has 3 heteroatoms. The Bertz CT molecular complexity index is 627. The Balaban J connectivity index is 2.21. The molecule has 0 fully saturated rings. The highest BCUT2D eigenvalue weighted by Crippen LogP contribution is 2.21. The van der Waals surface area contributed by atoms with Crippen LogP contribution in [-0.2, 0) is 9.53 Å². The van der Waals surface area contributed by atoms with Gasteiger partial charge in [0.15, 0.2) is 0 Å². The number of halogens is 1. The van der Waals surface area contributed by atoms with E-state index in [0.717, 1.165) is 11.1 Å². The van der Waals surface area contributed by atoms with Crippen LogP contribution in [0.25, 0.3) is 6.08 Å². The smallest absolute Gasteiger partial charge is 0.303 e. The van der Waals surface area contributed by atoms with E-state index in [4.69, 9.17) is 16.3 Å². The maximum Gasteiger partial charge on any atom is 0.303 e. The summed E-state index contributed by atoms with van der Waals surface area (Å²) in [7, 11) is 0. The molecular formula is C18H17ClO2. The van der Waals surface area contributed by atoms with Gasteiger partial charge in [0.1, 0.15) is 6.10 Å². The van der Waals surface area contributed by atoms with Gasteiger partial charge in [-0.1, -0.05) is 59.6 Å². The first kappa shape index (κ1) is 15.3. The first-order chi connectivity index (χ1) is 10.0. The average molecular weight is 301 g/mol. The lowest BCUT2D eigenvalue weighted by Gasteiger charge is -2.13. The number of rotatable bonds is 4. The Morgan fingerprint density at radius 3 is 2.29 bits per heavy atom. The van der Waals surface area contributed by atoms with Crippen molar-refractivity contribution in [3.63, 3.8) is 0 Å². The van der Waals surface area contributed by atoms with Gasteiger partial charge >= 0.3 is 5.97 Å². The summed E-state index contributed by atoms with van der Waals surface area (Å²) in [6.45, 7) is 3.44. The van der Waals surface area contributed by atoms with Gasteiger partial charge in [-0.3, -0.25) is 4.79 Å². The summed E-state index contributed by atoms with van der Waals surface area (Å²) in [4.78, 5) is 11.3. The first-order valence-corrected chi connectivity index (χ1v) is 7.10. The van der Waals surface area contributed by atoms with E-state index in [9.17, 15) is 4.79 Å². The summed E-state index contributed by atoms with van der Waals surface area (Å²) in [5.74, 6) is -0.304. The van der Waals surface area contributed by atoms with Crippen molar-refractivity contribution in [2.24, 2.45) is 0 Å². The Kier molecular flexibility index (Phi) is 5.18. The lowest BCUT2D eigenvalue weighted by molar-refractivity contribution is -0.144. The van der Waals surface area contributed by atoms with Gasteiger partial charge in [0.05, 0.1) is 0 Å². The highest BCUT2D eigenvalue weighted by molar-refractivity contribution is 6.30. The molecule has 0 radical (unpaired) electrons. The summed E-state index contributed by atoms with van der Waals surface area (Å²) >= 11 is 5.86. The van der Waals surface area contributed by atoms with Gasteiger partial charge in [-0.25, -0.2) is 0 Å². The minimum Gasteiger partial charge on any atom is -0.453 e. The zero-order valence-electron chi connectivity index (χ0n) is 12.0. The maximum absolute atomic E-state index is 11.3. The van der Waals surface area contributed by atoms with Crippen molar-refractivity contribution in [3.8, 4) is 0 Å². The second-order valence-electron chi connectivity index (χ2n) is 4.85. The van der Waals surface area contributed by atoms with Gasteiger partial charge < -0.3 is 4.74 Å². The van der Waals surface area contributed by atoms with E-state index in [-0.39, 0.29) is 5.97 Å². The number of aryl methyl sites for hydroxylation is 1. The molecule has 0 aromatic heterocycles. The molecule has 0 spiro atoms. The molecule has 2 nitrogen and oxygen atoms in total. The first-order valence-electron chi connectivity index (χ1n) is 6.72. The Morgan fingerprint density at radius 2 is 1.71 bits per heavy atom. The number of hydrogen-bond acceptors (Lipinski definition) is 2. The highest BCUT2D eigenvalue weighted by atomic mass is 35.5. The van der Waals surface area contributed by atoms with Gasteiger partial charge in [-0.05, 0) is 36.3 Å². The van der Waals surface area contributed by atoms with Crippen LogP contribution in [0, 0.1) is 6.92 Å². The molecule has 108 valence electrons. The van der Waals surface area contributed by atoms with Crippen LogP contribution in [0.3, 0.4) is 0 Å². The van der Waals surface area contributed by atoms with Gasteiger partial charge in [-0.2, -0.15) is 0 Å². The summed E-state index contributed by atoms with van der Waals surface area (Å²) < 4.78 is 5.37. The molecule has 0 aliphatic heterocycles. The molecule has 0 N–H and O–H groups in total. The van der Waals surface area contributed by atoms with Crippen molar-refractivity contribution in [2.45, 2.75) is 20.0 Å². The molecule has 21 heavy (non-hydrogen) atoms. The normalized spacial score (nSPS) is 12.3. The predicted molar refractivity (Wildman–Crippen MR) is 86.2 cm³/mol. The Hall–Kier alpha value is -2.06. The highest BCUT2D eigenvalue weighted by Gasteiger charge is 2.10. The number of benzene rings is 2. The van der Waals surface area contributed by atoms with E-state index in [1.807, 2.05) is 67.6 Å². The number of ether oxygens (including phenoxy) is 1. The summed E-state index contributed by atoms with van der Waals surface area (Å²) in [5.41, 5.74) is 3.12. The molecule has 2 rings (SSSR count). The van der Waals surface area contributed by atoms with Crippen LogP contribution in [0.2, 0.25) is 5.02 Å². The topological polar surface area (TPSA) is 26.3 Å². The molecule has 0 aliphatic carbocycles. The van der Waals surface area contributed by atoms with Crippen molar-refractivity contribution >= 4 is 23.6 Å². The molecule has 1 unspecified atom stereocenters. The second kappa shape index (κ2) is 7.09. The zero-order valence-corrected chi connectivity index (χ0v) is 12.8. The third kappa shape index (κ3) is 4.76. The Labute approximate surface area is 130 Å². The van der Waals surface area contributed by atoms with E-state index >= 15 is 0 Å². The fourth-order valence-corrected chi connectivity index (χ4v) is 2.05. The molecule has 0 amide bonds. The summed E-state index contributed by atoms with van der Waals surface area (Å²) in [5, 5.41) is 0.697. The number of carbonyl (C=O) groups is 1. The van der Waals surface area contributed by atoms with E-state index < -0.39 is 6.10 Å². The quantitative estimate of drug-likeness (QED) is 0.745.